The summed E-state index contributed by atoms with van der Waals surface area (Å²) in [4.78, 5) is 0. The average Bonchev–Trinajstić information content (AvgIpc) is 2.84. The first kappa shape index (κ1) is 11.5. The van der Waals surface area contributed by atoms with Crippen molar-refractivity contribution in [3.8, 4) is 5.75 Å². The molecule has 2 nitrogen and oxygen atoms in total. The van der Waals surface area contributed by atoms with Gasteiger partial charge in [0.05, 0.1) is 5.60 Å². The Balaban J connectivity index is 1.74. The van der Waals surface area contributed by atoms with Crippen LogP contribution in [-0.2, 0) is 0 Å². The third kappa shape index (κ3) is 2.34. The second kappa shape index (κ2) is 4.62. The topological polar surface area (TPSA) is 29.5 Å². The van der Waals surface area contributed by atoms with Crippen LogP contribution in [0.5, 0.6) is 5.75 Å². The van der Waals surface area contributed by atoms with Crippen LogP contribution in [0.3, 0.4) is 0 Å². The molecule has 18 heavy (non-hydrogen) atoms. The predicted octanol–water partition coefficient (Wildman–Crippen LogP) is 3.52. The molecule has 0 atom stereocenters. The van der Waals surface area contributed by atoms with Crippen molar-refractivity contribution in [2.75, 3.05) is 6.61 Å². The first-order valence-corrected chi connectivity index (χ1v) is 6.59. The van der Waals surface area contributed by atoms with Crippen LogP contribution in [0.2, 0.25) is 0 Å². The number of hydrogen-bond acceptors (Lipinski definition) is 2. The van der Waals surface area contributed by atoms with Crippen LogP contribution in [0.1, 0.15) is 25.7 Å². The highest BCUT2D eigenvalue weighted by atomic mass is 16.5. The van der Waals surface area contributed by atoms with Crippen LogP contribution in [0.15, 0.2) is 42.5 Å². The highest BCUT2D eigenvalue weighted by Crippen LogP contribution is 2.30. The molecule has 0 amide bonds. The monoisotopic (exact) mass is 242 g/mol. The van der Waals surface area contributed by atoms with Crippen LogP contribution in [0, 0.1) is 0 Å². The van der Waals surface area contributed by atoms with Gasteiger partial charge >= 0.3 is 0 Å². The van der Waals surface area contributed by atoms with Crippen molar-refractivity contribution in [3.05, 3.63) is 42.5 Å². The van der Waals surface area contributed by atoms with Gasteiger partial charge in [0.2, 0.25) is 0 Å². The van der Waals surface area contributed by atoms with Crippen molar-refractivity contribution in [2.24, 2.45) is 0 Å². The molecule has 1 N–H and O–H groups in total. The summed E-state index contributed by atoms with van der Waals surface area (Å²) in [5.74, 6) is 0.842. The Morgan fingerprint density at radius 2 is 1.72 bits per heavy atom. The average molecular weight is 242 g/mol. The number of ether oxygens (including phenoxy) is 1. The number of benzene rings is 2. The van der Waals surface area contributed by atoms with Gasteiger partial charge in [0.15, 0.2) is 0 Å². The molecule has 3 rings (SSSR count). The van der Waals surface area contributed by atoms with Gasteiger partial charge in [-0.05, 0) is 35.7 Å². The zero-order chi connectivity index (χ0) is 12.4. The number of rotatable bonds is 3. The van der Waals surface area contributed by atoms with E-state index >= 15 is 0 Å². The third-order valence-corrected chi connectivity index (χ3v) is 3.76. The fraction of sp³-hybridized carbons (Fsp3) is 0.375. The van der Waals surface area contributed by atoms with E-state index in [9.17, 15) is 5.11 Å². The van der Waals surface area contributed by atoms with E-state index in [1.165, 1.54) is 10.8 Å². The number of aliphatic hydroxyl groups is 1. The molecule has 2 aromatic rings. The molecule has 0 bridgehead atoms. The Hall–Kier alpha value is -1.54. The van der Waals surface area contributed by atoms with Gasteiger partial charge in [-0.2, -0.15) is 0 Å². The summed E-state index contributed by atoms with van der Waals surface area (Å²) in [5.41, 5.74) is -0.606. The fourth-order valence-electron chi connectivity index (χ4n) is 2.65. The molecule has 1 aliphatic carbocycles. The summed E-state index contributed by atoms with van der Waals surface area (Å²) in [7, 11) is 0. The van der Waals surface area contributed by atoms with Gasteiger partial charge in [0, 0.05) is 0 Å². The molecule has 0 aromatic heterocycles. The maximum atomic E-state index is 10.2. The van der Waals surface area contributed by atoms with Crippen molar-refractivity contribution in [1.82, 2.24) is 0 Å². The molecule has 0 heterocycles. The molecule has 0 aliphatic heterocycles. The second-order valence-electron chi connectivity index (χ2n) is 5.23. The van der Waals surface area contributed by atoms with E-state index < -0.39 is 5.60 Å². The van der Waals surface area contributed by atoms with Gasteiger partial charge in [-0.1, -0.05) is 43.2 Å². The zero-order valence-electron chi connectivity index (χ0n) is 10.4. The molecule has 1 saturated carbocycles. The largest absolute Gasteiger partial charge is 0.491 e. The van der Waals surface area contributed by atoms with E-state index in [0.29, 0.717) is 6.61 Å². The number of fused-ring (bicyclic) bond motifs is 1. The van der Waals surface area contributed by atoms with Gasteiger partial charge in [-0.3, -0.25) is 0 Å². The molecule has 1 aliphatic rings. The molecule has 0 saturated heterocycles. The molecular formula is C16H18O2. The smallest absolute Gasteiger partial charge is 0.120 e. The van der Waals surface area contributed by atoms with Gasteiger partial charge in [-0.25, -0.2) is 0 Å². The van der Waals surface area contributed by atoms with Crippen molar-refractivity contribution in [3.63, 3.8) is 0 Å². The Kier molecular flexibility index (Phi) is 2.96. The van der Waals surface area contributed by atoms with Crippen LogP contribution < -0.4 is 4.74 Å². The highest BCUT2D eigenvalue weighted by Gasteiger charge is 2.31. The summed E-state index contributed by atoms with van der Waals surface area (Å²) in [6, 6.07) is 14.3. The number of hydrogen-bond donors (Lipinski definition) is 1. The molecule has 2 heteroatoms. The lowest BCUT2D eigenvalue weighted by Crippen LogP contribution is -2.32. The molecule has 94 valence electrons. The van der Waals surface area contributed by atoms with E-state index in [-0.39, 0.29) is 0 Å². The zero-order valence-corrected chi connectivity index (χ0v) is 10.4. The Bertz CT molecular complexity index is 542. The molecular weight excluding hydrogens is 224 g/mol. The minimum atomic E-state index is -0.606. The van der Waals surface area contributed by atoms with E-state index in [4.69, 9.17) is 4.74 Å². The Morgan fingerprint density at radius 3 is 2.50 bits per heavy atom. The van der Waals surface area contributed by atoms with E-state index in [1.807, 2.05) is 24.3 Å². The molecule has 0 spiro atoms. The first-order chi connectivity index (χ1) is 8.75. The normalized spacial score (nSPS) is 18.1. The summed E-state index contributed by atoms with van der Waals surface area (Å²) in [5, 5.41) is 12.6. The minimum absolute atomic E-state index is 0.408. The van der Waals surface area contributed by atoms with Crippen LogP contribution >= 0.6 is 0 Å². The van der Waals surface area contributed by atoms with Crippen molar-refractivity contribution in [1.29, 1.82) is 0 Å². The maximum absolute atomic E-state index is 10.2. The molecule has 2 aromatic carbocycles. The highest BCUT2D eigenvalue weighted by molar-refractivity contribution is 5.83. The van der Waals surface area contributed by atoms with E-state index in [1.54, 1.807) is 0 Å². The lowest BCUT2D eigenvalue weighted by atomic mass is 10.0. The summed E-state index contributed by atoms with van der Waals surface area (Å²) in [6.07, 6.45) is 3.94. The van der Waals surface area contributed by atoms with Crippen LogP contribution in [0.4, 0.5) is 0 Å². The predicted molar refractivity (Wildman–Crippen MR) is 72.9 cm³/mol. The Labute approximate surface area is 107 Å². The summed E-state index contributed by atoms with van der Waals surface area (Å²) >= 11 is 0. The van der Waals surface area contributed by atoms with Gasteiger partial charge in [-0.15, -0.1) is 0 Å². The van der Waals surface area contributed by atoms with Crippen molar-refractivity contribution >= 4 is 10.8 Å². The van der Waals surface area contributed by atoms with Crippen LogP contribution in [-0.4, -0.2) is 17.3 Å². The SMILES string of the molecule is OC1(COc2ccc3ccccc3c2)CCCC1. The third-order valence-electron chi connectivity index (χ3n) is 3.76. The van der Waals surface area contributed by atoms with E-state index in [2.05, 4.69) is 18.2 Å². The van der Waals surface area contributed by atoms with Crippen molar-refractivity contribution in [2.45, 2.75) is 31.3 Å². The Morgan fingerprint density at radius 1 is 1.00 bits per heavy atom. The lowest BCUT2D eigenvalue weighted by Gasteiger charge is -2.22. The van der Waals surface area contributed by atoms with Gasteiger partial charge < -0.3 is 9.84 Å². The molecule has 1 fully saturated rings. The first-order valence-electron chi connectivity index (χ1n) is 6.59. The summed E-state index contributed by atoms with van der Waals surface area (Å²) < 4.78 is 5.75. The van der Waals surface area contributed by atoms with Gasteiger partial charge in [0.25, 0.3) is 0 Å². The minimum Gasteiger partial charge on any atom is -0.491 e. The lowest BCUT2D eigenvalue weighted by molar-refractivity contribution is 0.00145. The summed E-state index contributed by atoms with van der Waals surface area (Å²) in [6.45, 7) is 0.408. The molecule has 0 unspecified atom stereocenters. The fourth-order valence-corrected chi connectivity index (χ4v) is 2.65. The van der Waals surface area contributed by atoms with E-state index in [0.717, 1.165) is 31.4 Å². The maximum Gasteiger partial charge on any atom is 0.120 e. The van der Waals surface area contributed by atoms with Crippen LogP contribution in [0.25, 0.3) is 10.8 Å². The second-order valence-corrected chi connectivity index (χ2v) is 5.23. The standard InChI is InChI=1S/C16H18O2/c17-16(9-3-4-10-16)12-18-15-8-7-13-5-1-2-6-14(13)11-15/h1-2,5-8,11,17H,3-4,9-10,12H2. The van der Waals surface area contributed by atoms with Crippen molar-refractivity contribution < 1.29 is 9.84 Å². The van der Waals surface area contributed by atoms with Gasteiger partial charge in [0.1, 0.15) is 12.4 Å². The molecule has 0 radical (unpaired) electrons. The quantitative estimate of drug-likeness (QED) is 0.892.